The molecule has 0 heterocycles. The Hall–Kier alpha value is -1.93. The van der Waals surface area contributed by atoms with Crippen LogP contribution in [0.5, 0.6) is 0 Å². The smallest absolute Gasteiger partial charge is 0.306 e. The first kappa shape index (κ1) is 59.1. The van der Waals surface area contributed by atoms with Crippen molar-refractivity contribution in [3.8, 4) is 0 Å². The fourth-order valence-corrected chi connectivity index (χ4v) is 8.07. The second kappa shape index (κ2) is 44.7. The SMILES string of the molecule is CCCCCCCC/C=C/CCCCCCCCCC(=O)OCC(COCCC(C(=O)[O-])[N+](C)(C)C)OC(=O)CCCCCCCCCCCCCCCCCCCCCC. The number of esters is 2. The normalized spacial score (nSPS) is 12.9. The molecule has 0 aliphatic carbocycles. The van der Waals surface area contributed by atoms with Crippen molar-refractivity contribution in [1.82, 2.24) is 0 Å². The zero-order valence-electron chi connectivity index (χ0n) is 41.1. The van der Waals surface area contributed by atoms with Crippen molar-refractivity contribution >= 4 is 17.9 Å². The van der Waals surface area contributed by atoms with E-state index < -0.39 is 18.1 Å². The highest BCUT2D eigenvalue weighted by Crippen LogP contribution is 2.17. The van der Waals surface area contributed by atoms with Gasteiger partial charge in [-0.25, -0.2) is 0 Å². The van der Waals surface area contributed by atoms with Crippen LogP contribution in [0.3, 0.4) is 0 Å². The molecule has 0 amide bonds. The summed E-state index contributed by atoms with van der Waals surface area (Å²) in [4.78, 5) is 37.0. The van der Waals surface area contributed by atoms with Gasteiger partial charge in [0.1, 0.15) is 12.6 Å². The summed E-state index contributed by atoms with van der Waals surface area (Å²) >= 11 is 0. The van der Waals surface area contributed by atoms with Gasteiger partial charge < -0.3 is 28.6 Å². The van der Waals surface area contributed by atoms with E-state index in [9.17, 15) is 19.5 Å². The van der Waals surface area contributed by atoms with Crippen LogP contribution < -0.4 is 5.11 Å². The van der Waals surface area contributed by atoms with Gasteiger partial charge >= 0.3 is 11.9 Å². The summed E-state index contributed by atoms with van der Waals surface area (Å²) in [5.41, 5.74) is 0. The largest absolute Gasteiger partial charge is 0.544 e. The monoisotopic (exact) mass is 864 g/mol. The Morgan fingerprint density at radius 2 is 0.820 bits per heavy atom. The van der Waals surface area contributed by atoms with E-state index in [4.69, 9.17) is 14.2 Å². The molecule has 0 aromatic carbocycles. The maximum atomic E-state index is 12.8. The molecule has 360 valence electrons. The second-order valence-electron chi connectivity index (χ2n) is 19.1. The van der Waals surface area contributed by atoms with Gasteiger partial charge in [0, 0.05) is 19.3 Å². The first-order valence-electron chi connectivity index (χ1n) is 26.2. The van der Waals surface area contributed by atoms with Gasteiger partial charge in [-0.05, 0) is 38.5 Å². The number of unbranched alkanes of at least 4 members (excludes halogenated alkanes) is 32. The topological polar surface area (TPSA) is 102 Å². The van der Waals surface area contributed by atoms with E-state index in [0.717, 1.165) is 38.5 Å². The molecule has 8 nitrogen and oxygen atoms in total. The van der Waals surface area contributed by atoms with Gasteiger partial charge in [-0.3, -0.25) is 9.59 Å². The molecule has 0 bridgehead atoms. The van der Waals surface area contributed by atoms with Crippen LogP contribution in [0.1, 0.15) is 258 Å². The molecular formula is C53H101NO7. The van der Waals surface area contributed by atoms with Crippen molar-refractivity contribution in [2.75, 3.05) is 41.0 Å². The zero-order chi connectivity index (χ0) is 44.9. The number of carbonyl (C=O) groups is 3. The van der Waals surface area contributed by atoms with Crippen molar-refractivity contribution in [1.29, 1.82) is 0 Å². The van der Waals surface area contributed by atoms with E-state index in [1.807, 2.05) is 21.1 Å². The predicted molar refractivity (Wildman–Crippen MR) is 254 cm³/mol. The Kier molecular flexibility index (Phi) is 43.3. The maximum absolute atomic E-state index is 12.8. The average molecular weight is 864 g/mol. The Balaban J connectivity index is 4.20. The van der Waals surface area contributed by atoms with Gasteiger partial charge in [0.2, 0.25) is 0 Å². The first-order chi connectivity index (χ1) is 29.6. The third-order valence-electron chi connectivity index (χ3n) is 12.2. The van der Waals surface area contributed by atoms with Crippen LogP contribution in [-0.2, 0) is 28.6 Å². The lowest BCUT2D eigenvalue weighted by Crippen LogP contribution is -2.55. The Labute approximate surface area is 378 Å². The number of carbonyl (C=O) groups excluding carboxylic acids is 3. The first-order valence-corrected chi connectivity index (χ1v) is 26.2. The number of hydrogen-bond acceptors (Lipinski definition) is 7. The van der Waals surface area contributed by atoms with Crippen molar-refractivity contribution in [3.63, 3.8) is 0 Å². The van der Waals surface area contributed by atoms with E-state index in [1.54, 1.807) is 0 Å². The number of aliphatic carboxylic acids is 1. The molecule has 2 atom stereocenters. The second-order valence-corrected chi connectivity index (χ2v) is 19.1. The standard InChI is InChI=1S/C53H101NO7/c1-6-8-10-12-14-16-18-20-22-24-25-26-28-30-32-34-36-38-40-42-44-52(56)61-49(47-59-46-45-50(53(57)58)54(3,4)5)48-60-51(55)43-41-39-37-35-33-31-29-27-23-21-19-17-15-13-11-9-7-2/h21,23,49-50H,6-20,22,24-48H2,1-5H3/b23-21+. The number of likely N-dealkylation sites (N-methyl/N-ethyl adjacent to an activating group) is 1. The molecule has 0 aromatic heterocycles. The molecule has 0 N–H and O–H groups in total. The van der Waals surface area contributed by atoms with Crippen LogP contribution in [0.4, 0.5) is 0 Å². The quantitative estimate of drug-likeness (QED) is 0.0260. The highest BCUT2D eigenvalue weighted by Gasteiger charge is 2.25. The van der Waals surface area contributed by atoms with Crippen LogP contribution >= 0.6 is 0 Å². The molecule has 0 saturated heterocycles. The summed E-state index contributed by atoms with van der Waals surface area (Å²) in [5, 5.41) is 11.7. The van der Waals surface area contributed by atoms with Crippen LogP contribution in [-0.4, -0.2) is 75.5 Å². The Morgan fingerprint density at radius 3 is 1.18 bits per heavy atom. The molecule has 0 aromatic rings. The third kappa shape index (κ3) is 43.1. The van der Waals surface area contributed by atoms with Crippen LogP contribution in [0, 0.1) is 0 Å². The number of rotatable bonds is 48. The molecule has 0 aliphatic rings. The summed E-state index contributed by atoms with van der Waals surface area (Å²) in [7, 11) is 5.43. The van der Waals surface area contributed by atoms with Crippen molar-refractivity contribution < 1.29 is 38.2 Å². The van der Waals surface area contributed by atoms with E-state index in [2.05, 4.69) is 26.0 Å². The zero-order valence-corrected chi connectivity index (χ0v) is 41.1. The average Bonchev–Trinajstić information content (AvgIpc) is 3.22. The van der Waals surface area contributed by atoms with Crippen molar-refractivity contribution in [2.24, 2.45) is 0 Å². The minimum absolute atomic E-state index is 0.0457. The van der Waals surface area contributed by atoms with Crippen molar-refractivity contribution in [2.45, 2.75) is 270 Å². The van der Waals surface area contributed by atoms with E-state index in [0.29, 0.717) is 12.8 Å². The molecule has 0 spiro atoms. The lowest BCUT2D eigenvalue weighted by atomic mass is 10.0. The maximum Gasteiger partial charge on any atom is 0.306 e. The fourth-order valence-electron chi connectivity index (χ4n) is 8.07. The number of nitrogens with zero attached hydrogens (tertiary/aromatic N) is 1. The molecule has 0 aliphatic heterocycles. The molecule has 2 unspecified atom stereocenters. The molecule has 0 rings (SSSR count). The van der Waals surface area contributed by atoms with Gasteiger partial charge in [0.15, 0.2) is 6.10 Å². The fraction of sp³-hybridized carbons (Fsp3) is 0.906. The third-order valence-corrected chi connectivity index (χ3v) is 12.2. The van der Waals surface area contributed by atoms with E-state index in [-0.39, 0.29) is 42.7 Å². The molecule has 0 saturated carbocycles. The molecule has 8 heteroatoms. The predicted octanol–water partition coefficient (Wildman–Crippen LogP) is 13.7. The number of carboxylic acids is 1. The van der Waals surface area contributed by atoms with Crippen LogP contribution in [0.2, 0.25) is 0 Å². The van der Waals surface area contributed by atoms with Crippen molar-refractivity contribution in [3.05, 3.63) is 12.2 Å². The van der Waals surface area contributed by atoms with Crippen LogP contribution in [0.15, 0.2) is 12.2 Å². The van der Waals surface area contributed by atoms with E-state index in [1.165, 1.54) is 186 Å². The number of quaternary nitrogens is 1. The minimum Gasteiger partial charge on any atom is -0.544 e. The highest BCUT2D eigenvalue weighted by molar-refractivity contribution is 5.70. The number of hydrogen-bond donors (Lipinski definition) is 0. The number of ether oxygens (including phenoxy) is 3. The van der Waals surface area contributed by atoms with Gasteiger partial charge in [-0.1, -0.05) is 212 Å². The minimum atomic E-state index is -1.12. The van der Waals surface area contributed by atoms with Crippen LogP contribution in [0.25, 0.3) is 0 Å². The Bertz CT molecular complexity index is 1010. The van der Waals surface area contributed by atoms with E-state index >= 15 is 0 Å². The summed E-state index contributed by atoms with van der Waals surface area (Å²) in [6.07, 6.45) is 49.5. The van der Waals surface area contributed by atoms with Gasteiger partial charge in [-0.2, -0.15) is 0 Å². The van der Waals surface area contributed by atoms with Gasteiger partial charge in [-0.15, -0.1) is 0 Å². The Morgan fingerprint density at radius 1 is 0.475 bits per heavy atom. The lowest BCUT2D eigenvalue weighted by Gasteiger charge is -2.34. The molecule has 61 heavy (non-hydrogen) atoms. The van der Waals surface area contributed by atoms with Gasteiger partial charge in [0.25, 0.3) is 0 Å². The molecular weight excluding hydrogens is 763 g/mol. The molecule has 0 radical (unpaired) electrons. The molecule has 0 fully saturated rings. The summed E-state index contributed by atoms with van der Waals surface area (Å²) < 4.78 is 17.3. The highest BCUT2D eigenvalue weighted by atomic mass is 16.6. The number of allylic oxidation sites excluding steroid dienone is 2. The summed E-state index contributed by atoms with van der Waals surface area (Å²) in [6.45, 7) is 4.70. The summed E-state index contributed by atoms with van der Waals surface area (Å²) in [5.74, 6) is -1.72. The van der Waals surface area contributed by atoms with Gasteiger partial charge in [0.05, 0.1) is 40.3 Å². The number of carboxylic acid groups (broad SMARTS) is 1. The lowest BCUT2D eigenvalue weighted by molar-refractivity contribution is -0.889. The summed E-state index contributed by atoms with van der Waals surface area (Å²) in [6, 6.07) is -0.722.